The van der Waals surface area contributed by atoms with Crippen molar-refractivity contribution in [1.29, 1.82) is 0 Å². The van der Waals surface area contributed by atoms with Gasteiger partial charge in [-0.25, -0.2) is 0 Å². The predicted molar refractivity (Wildman–Crippen MR) is 123 cm³/mol. The number of hydrogen-bond acceptors (Lipinski definition) is 5. The second-order valence-corrected chi connectivity index (χ2v) is 9.27. The van der Waals surface area contributed by atoms with Crippen LogP contribution in [0.25, 0.3) is 5.57 Å². The van der Waals surface area contributed by atoms with Gasteiger partial charge in [0.25, 0.3) is 11.8 Å². The maximum Gasteiger partial charge on any atom is 0.305 e. The van der Waals surface area contributed by atoms with E-state index in [0.717, 1.165) is 27.5 Å². The first-order valence-electron chi connectivity index (χ1n) is 9.02. The van der Waals surface area contributed by atoms with E-state index in [1.807, 2.05) is 48.5 Å². The fourth-order valence-electron chi connectivity index (χ4n) is 3.40. The van der Waals surface area contributed by atoms with Crippen molar-refractivity contribution in [3.63, 3.8) is 0 Å². The number of benzene rings is 2. The average molecular weight is 503 g/mol. The summed E-state index contributed by atoms with van der Waals surface area (Å²) in [6, 6.07) is 15.1. The Morgan fingerprint density at radius 2 is 1.80 bits per heavy atom. The van der Waals surface area contributed by atoms with E-state index in [0.29, 0.717) is 17.7 Å². The molecule has 0 atom stereocenters. The Kier molecular flexibility index (Phi) is 5.77. The van der Waals surface area contributed by atoms with Crippen LogP contribution in [0.4, 0.5) is 5.69 Å². The first-order chi connectivity index (χ1) is 14.4. The highest BCUT2D eigenvalue weighted by molar-refractivity contribution is 9.10. The van der Waals surface area contributed by atoms with E-state index >= 15 is 0 Å². The van der Waals surface area contributed by atoms with Crippen molar-refractivity contribution >= 4 is 73.3 Å². The molecule has 0 radical (unpaired) electrons. The van der Waals surface area contributed by atoms with Gasteiger partial charge in [-0.05, 0) is 23.8 Å². The molecule has 0 unspecified atom stereocenters. The second-order valence-electron chi connectivity index (χ2n) is 6.71. The van der Waals surface area contributed by atoms with Crippen LogP contribution in [0.1, 0.15) is 17.5 Å². The number of thiocarbonyl (C=S) groups is 1. The van der Waals surface area contributed by atoms with E-state index in [2.05, 4.69) is 15.9 Å². The SMILES string of the molecule is O=C(O)CCN1C(=O)C(=C2C(=O)N(Cc3ccccc3)c3ccc(Br)cc32)SC1=S. The Morgan fingerprint density at radius 1 is 1.07 bits per heavy atom. The van der Waals surface area contributed by atoms with E-state index < -0.39 is 11.9 Å². The van der Waals surface area contributed by atoms with Gasteiger partial charge in [-0.1, -0.05) is 70.2 Å². The highest BCUT2D eigenvalue weighted by atomic mass is 79.9. The van der Waals surface area contributed by atoms with E-state index in [1.165, 1.54) is 4.90 Å². The minimum atomic E-state index is -1.02. The number of anilines is 1. The second kappa shape index (κ2) is 8.33. The maximum absolute atomic E-state index is 13.4. The van der Waals surface area contributed by atoms with Gasteiger partial charge < -0.3 is 10.0 Å². The van der Waals surface area contributed by atoms with Crippen molar-refractivity contribution < 1.29 is 19.5 Å². The van der Waals surface area contributed by atoms with Crippen molar-refractivity contribution in [1.82, 2.24) is 4.90 Å². The molecule has 0 bridgehead atoms. The Hall–Kier alpha value is -2.49. The largest absolute Gasteiger partial charge is 0.481 e. The molecule has 2 aromatic carbocycles. The molecule has 152 valence electrons. The van der Waals surface area contributed by atoms with Gasteiger partial charge in [-0.3, -0.25) is 19.3 Å². The van der Waals surface area contributed by atoms with Crippen LogP contribution in [0.2, 0.25) is 0 Å². The molecule has 2 aliphatic heterocycles. The Bertz CT molecular complexity index is 1120. The smallest absolute Gasteiger partial charge is 0.305 e. The summed E-state index contributed by atoms with van der Waals surface area (Å²) in [6.07, 6.45) is -0.217. The summed E-state index contributed by atoms with van der Waals surface area (Å²) >= 11 is 9.77. The van der Waals surface area contributed by atoms with E-state index in [1.54, 1.807) is 4.90 Å². The van der Waals surface area contributed by atoms with Crippen molar-refractivity contribution in [2.75, 3.05) is 11.4 Å². The molecule has 0 aromatic heterocycles. The minimum absolute atomic E-state index is 0.0238. The van der Waals surface area contributed by atoms with Gasteiger partial charge in [0, 0.05) is 16.6 Å². The summed E-state index contributed by atoms with van der Waals surface area (Å²) in [7, 11) is 0. The third kappa shape index (κ3) is 3.80. The standard InChI is InChI=1S/C21H15BrN2O4S2/c22-13-6-7-15-14(10-13)17(19(27)24(15)11-12-4-2-1-3-5-12)18-20(28)23(21(29)30-18)9-8-16(25)26/h1-7,10H,8-9,11H2,(H,25,26). The molecule has 0 aliphatic carbocycles. The fraction of sp³-hybridized carbons (Fsp3) is 0.143. The lowest BCUT2D eigenvalue weighted by Gasteiger charge is -2.17. The number of fused-ring (bicyclic) bond motifs is 1. The summed E-state index contributed by atoms with van der Waals surface area (Å²) < 4.78 is 1.05. The molecule has 30 heavy (non-hydrogen) atoms. The van der Waals surface area contributed by atoms with Crippen LogP contribution in [0.5, 0.6) is 0 Å². The Balaban J connectivity index is 1.76. The predicted octanol–water partition coefficient (Wildman–Crippen LogP) is 4.04. The molecule has 4 rings (SSSR count). The maximum atomic E-state index is 13.4. The molecule has 2 aromatic rings. The lowest BCUT2D eigenvalue weighted by Crippen LogP contribution is -2.31. The summed E-state index contributed by atoms with van der Waals surface area (Å²) in [5.41, 5.74) is 2.65. The normalized spacial score (nSPS) is 18.4. The molecular weight excluding hydrogens is 488 g/mol. The monoisotopic (exact) mass is 502 g/mol. The average Bonchev–Trinajstić information content (AvgIpc) is 3.13. The van der Waals surface area contributed by atoms with Crippen LogP contribution in [0.15, 0.2) is 57.9 Å². The zero-order valence-electron chi connectivity index (χ0n) is 15.5. The van der Waals surface area contributed by atoms with Gasteiger partial charge >= 0.3 is 5.97 Å². The molecule has 6 nitrogen and oxygen atoms in total. The molecule has 9 heteroatoms. The topological polar surface area (TPSA) is 77.9 Å². The van der Waals surface area contributed by atoms with Gasteiger partial charge in [0.1, 0.15) is 4.32 Å². The van der Waals surface area contributed by atoms with Gasteiger partial charge in [-0.15, -0.1) is 0 Å². The van der Waals surface area contributed by atoms with Gasteiger partial charge in [0.2, 0.25) is 0 Å². The van der Waals surface area contributed by atoms with Crippen molar-refractivity contribution in [3.8, 4) is 0 Å². The van der Waals surface area contributed by atoms with Crippen LogP contribution in [-0.4, -0.2) is 38.7 Å². The van der Waals surface area contributed by atoms with Crippen LogP contribution in [0, 0.1) is 0 Å². The number of hydrogen-bond donors (Lipinski definition) is 1. The van der Waals surface area contributed by atoms with Crippen LogP contribution < -0.4 is 4.90 Å². The summed E-state index contributed by atoms with van der Waals surface area (Å²) in [5.74, 6) is -1.72. The quantitative estimate of drug-likeness (QED) is 0.490. The molecule has 2 heterocycles. The first kappa shape index (κ1) is 20.8. The molecular formula is C21H15BrN2O4S2. The summed E-state index contributed by atoms with van der Waals surface area (Å²) in [5, 5.41) is 8.94. The summed E-state index contributed by atoms with van der Waals surface area (Å²) in [4.78, 5) is 40.5. The third-order valence-electron chi connectivity index (χ3n) is 4.79. The molecule has 2 aliphatic rings. The number of carbonyl (C=O) groups excluding carboxylic acids is 2. The van der Waals surface area contributed by atoms with Gasteiger partial charge in [0.15, 0.2) is 0 Å². The van der Waals surface area contributed by atoms with Crippen molar-refractivity contribution in [2.24, 2.45) is 0 Å². The zero-order valence-corrected chi connectivity index (χ0v) is 18.7. The van der Waals surface area contributed by atoms with Crippen LogP contribution in [-0.2, 0) is 20.9 Å². The lowest BCUT2D eigenvalue weighted by atomic mass is 10.1. The molecule has 0 spiro atoms. The summed E-state index contributed by atoms with van der Waals surface area (Å²) in [6.45, 7) is 0.348. The lowest BCUT2D eigenvalue weighted by molar-refractivity contribution is -0.137. The van der Waals surface area contributed by atoms with Crippen LogP contribution in [0.3, 0.4) is 0 Å². The fourth-order valence-corrected chi connectivity index (χ4v) is 5.14. The zero-order chi connectivity index (χ0) is 21.4. The van der Waals surface area contributed by atoms with E-state index in [4.69, 9.17) is 17.3 Å². The highest BCUT2D eigenvalue weighted by Crippen LogP contribution is 2.45. The number of aliphatic carboxylic acids is 1. The molecule has 1 saturated heterocycles. The van der Waals surface area contributed by atoms with Crippen molar-refractivity contribution in [3.05, 3.63) is 69.0 Å². The van der Waals surface area contributed by atoms with E-state index in [9.17, 15) is 14.4 Å². The molecule has 0 saturated carbocycles. The first-order valence-corrected chi connectivity index (χ1v) is 11.0. The van der Waals surface area contributed by atoms with Crippen LogP contribution >= 0.6 is 39.9 Å². The number of carbonyl (C=O) groups is 3. The number of thioether (sulfide) groups is 1. The van der Waals surface area contributed by atoms with Crippen molar-refractivity contribution in [2.45, 2.75) is 13.0 Å². The number of amides is 2. The molecule has 1 fully saturated rings. The number of halogens is 1. The molecule has 2 amide bonds. The number of carboxylic acid groups (broad SMARTS) is 1. The highest BCUT2D eigenvalue weighted by Gasteiger charge is 2.42. The number of carboxylic acids is 1. The van der Waals surface area contributed by atoms with Gasteiger partial charge in [-0.2, -0.15) is 0 Å². The minimum Gasteiger partial charge on any atom is -0.481 e. The number of nitrogens with zero attached hydrogens (tertiary/aromatic N) is 2. The van der Waals surface area contributed by atoms with E-state index in [-0.39, 0.29) is 28.1 Å². The third-order valence-corrected chi connectivity index (χ3v) is 6.73. The molecule has 1 N–H and O–H groups in total. The van der Waals surface area contributed by atoms with Gasteiger partial charge in [0.05, 0.1) is 29.1 Å². The Labute approximate surface area is 190 Å². The number of rotatable bonds is 5. The Morgan fingerprint density at radius 3 is 2.50 bits per heavy atom.